The molecule has 0 aliphatic carbocycles. The zero-order chi connectivity index (χ0) is 11.5. The third-order valence-electron chi connectivity index (χ3n) is 2.16. The Morgan fingerprint density at radius 1 is 1.56 bits per heavy atom. The Labute approximate surface area is 91.3 Å². The molecule has 0 spiro atoms. The predicted molar refractivity (Wildman–Crippen MR) is 56.4 cm³/mol. The normalized spacial score (nSPS) is 10.6. The van der Waals surface area contributed by atoms with E-state index in [4.69, 9.17) is 5.73 Å². The number of carbonyl (C=O) groups is 1. The van der Waals surface area contributed by atoms with Gasteiger partial charge in [-0.1, -0.05) is 0 Å². The van der Waals surface area contributed by atoms with E-state index in [0.717, 1.165) is 0 Å². The highest BCUT2D eigenvalue weighted by atomic mass is 16.5. The number of ether oxygens (including phenoxy) is 1. The minimum Gasteiger partial charge on any atom is -0.469 e. The topological polar surface area (TPSA) is 95.9 Å². The smallest absolute Gasteiger partial charge is 0.307 e. The van der Waals surface area contributed by atoms with Crippen molar-refractivity contribution in [3.63, 3.8) is 0 Å². The van der Waals surface area contributed by atoms with Gasteiger partial charge in [0.2, 0.25) is 5.95 Å². The summed E-state index contributed by atoms with van der Waals surface area (Å²) in [6.07, 6.45) is 3.42. The lowest BCUT2D eigenvalue weighted by Gasteiger charge is -2.02. The number of anilines is 1. The molecule has 2 rings (SSSR count). The van der Waals surface area contributed by atoms with Gasteiger partial charge < -0.3 is 15.0 Å². The first-order chi connectivity index (χ1) is 7.70. The van der Waals surface area contributed by atoms with E-state index in [2.05, 4.69) is 19.7 Å². The number of hydrogen-bond donors (Lipinski definition) is 1. The van der Waals surface area contributed by atoms with Crippen LogP contribution in [0.25, 0.3) is 11.2 Å². The summed E-state index contributed by atoms with van der Waals surface area (Å²) in [5.74, 6) is -0.0869. The molecule has 2 aromatic rings. The van der Waals surface area contributed by atoms with E-state index in [1.54, 1.807) is 17.1 Å². The number of hydrogen-bond acceptors (Lipinski definition) is 6. The van der Waals surface area contributed by atoms with Gasteiger partial charge in [0, 0.05) is 6.54 Å². The summed E-state index contributed by atoms with van der Waals surface area (Å²) >= 11 is 0. The number of nitrogens with two attached hydrogens (primary N) is 1. The molecule has 7 heteroatoms. The number of nitrogens with zero attached hydrogens (tertiary/aromatic N) is 4. The fraction of sp³-hybridized carbons (Fsp3) is 0.333. The van der Waals surface area contributed by atoms with Gasteiger partial charge in [0.05, 0.1) is 26.1 Å². The molecule has 0 unspecified atom stereocenters. The summed E-state index contributed by atoms with van der Waals surface area (Å²) in [4.78, 5) is 23.0. The van der Waals surface area contributed by atoms with Crippen molar-refractivity contribution in [1.29, 1.82) is 0 Å². The molecular weight excluding hydrogens is 210 g/mol. The van der Waals surface area contributed by atoms with Crippen LogP contribution in [-0.2, 0) is 16.1 Å². The van der Waals surface area contributed by atoms with Crippen molar-refractivity contribution in [1.82, 2.24) is 19.5 Å². The molecule has 2 aromatic heterocycles. The quantitative estimate of drug-likeness (QED) is 0.731. The van der Waals surface area contributed by atoms with Crippen molar-refractivity contribution >= 4 is 23.1 Å². The molecule has 16 heavy (non-hydrogen) atoms. The second-order valence-corrected chi connectivity index (χ2v) is 3.20. The van der Waals surface area contributed by atoms with E-state index in [0.29, 0.717) is 17.7 Å². The Morgan fingerprint density at radius 3 is 3.12 bits per heavy atom. The summed E-state index contributed by atoms with van der Waals surface area (Å²) in [7, 11) is 1.36. The molecule has 0 aromatic carbocycles. The van der Waals surface area contributed by atoms with Crippen molar-refractivity contribution in [2.45, 2.75) is 13.0 Å². The Hall–Kier alpha value is -2.18. The van der Waals surface area contributed by atoms with Crippen LogP contribution in [0.15, 0.2) is 12.5 Å². The lowest BCUT2D eigenvalue weighted by atomic mass is 10.4. The van der Waals surface area contributed by atoms with E-state index in [1.165, 1.54) is 7.11 Å². The molecule has 2 heterocycles. The number of rotatable bonds is 3. The molecule has 0 saturated heterocycles. The fourth-order valence-electron chi connectivity index (χ4n) is 1.35. The molecular formula is C9H11N5O2. The van der Waals surface area contributed by atoms with Gasteiger partial charge in [-0.2, -0.15) is 4.98 Å². The zero-order valence-electron chi connectivity index (χ0n) is 8.75. The summed E-state index contributed by atoms with van der Waals surface area (Å²) in [6.45, 7) is 0.458. The molecule has 0 aliphatic heterocycles. The van der Waals surface area contributed by atoms with Crippen LogP contribution in [0, 0.1) is 0 Å². The number of methoxy groups -OCH3 is 1. The third-order valence-corrected chi connectivity index (χ3v) is 2.16. The van der Waals surface area contributed by atoms with E-state index in [9.17, 15) is 4.79 Å². The maximum absolute atomic E-state index is 11.0. The standard InChI is InChI=1S/C9H11N5O2/c1-16-7(15)2-3-14-5-12-6-4-11-9(10)13-8(6)14/h4-5H,2-3H2,1H3,(H2,10,11,13). The van der Waals surface area contributed by atoms with Crippen LogP contribution in [0.5, 0.6) is 0 Å². The summed E-state index contributed by atoms with van der Waals surface area (Å²) in [5, 5.41) is 0. The third kappa shape index (κ3) is 1.92. The van der Waals surface area contributed by atoms with E-state index in [1.807, 2.05) is 0 Å². The number of esters is 1. The highest BCUT2D eigenvalue weighted by molar-refractivity contribution is 5.72. The molecule has 84 valence electrons. The molecule has 0 aliphatic rings. The summed E-state index contributed by atoms with van der Waals surface area (Å²) in [5.41, 5.74) is 6.75. The van der Waals surface area contributed by atoms with Crippen molar-refractivity contribution in [2.75, 3.05) is 12.8 Å². The van der Waals surface area contributed by atoms with E-state index >= 15 is 0 Å². The summed E-state index contributed by atoms with van der Waals surface area (Å²) < 4.78 is 6.29. The molecule has 0 radical (unpaired) electrons. The minimum absolute atomic E-state index is 0.187. The van der Waals surface area contributed by atoms with Gasteiger partial charge in [0.25, 0.3) is 0 Å². The molecule has 2 N–H and O–H groups in total. The van der Waals surface area contributed by atoms with Crippen LogP contribution in [0.2, 0.25) is 0 Å². The second-order valence-electron chi connectivity index (χ2n) is 3.20. The van der Waals surface area contributed by atoms with E-state index in [-0.39, 0.29) is 18.3 Å². The summed E-state index contributed by atoms with van der Waals surface area (Å²) in [6, 6.07) is 0. The first-order valence-electron chi connectivity index (χ1n) is 4.71. The van der Waals surface area contributed by atoms with Crippen molar-refractivity contribution in [2.24, 2.45) is 0 Å². The molecule has 0 fully saturated rings. The van der Waals surface area contributed by atoms with Crippen LogP contribution in [0.3, 0.4) is 0 Å². The lowest BCUT2D eigenvalue weighted by Crippen LogP contribution is -2.07. The van der Waals surface area contributed by atoms with Crippen molar-refractivity contribution in [3.8, 4) is 0 Å². The number of aryl methyl sites for hydroxylation is 1. The first kappa shape index (κ1) is 10.3. The molecule has 0 bridgehead atoms. The van der Waals surface area contributed by atoms with Crippen LogP contribution < -0.4 is 5.73 Å². The van der Waals surface area contributed by atoms with Crippen molar-refractivity contribution in [3.05, 3.63) is 12.5 Å². The predicted octanol–water partition coefficient (Wildman–Crippen LogP) is -0.0284. The average Bonchev–Trinajstić information content (AvgIpc) is 2.68. The number of imidazole rings is 1. The van der Waals surface area contributed by atoms with Gasteiger partial charge in [-0.05, 0) is 0 Å². The molecule has 7 nitrogen and oxygen atoms in total. The van der Waals surface area contributed by atoms with Gasteiger partial charge in [-0.25, -0.2) is 9.97 Å². The Bertz CT molecular complexity index is 522. The van der Waals surface area contributed by atoms with E-state index < -0.39 is 0 Å². The van der Waals surface area contributed by atoms with Crippen LogP contribution in [0.4, 0.5) is 5.95 Å². The Morgan fingerprint density at radius 2 is 2.38 bits per heavy atom. The number of nitrogen functional groups attached to an aromatic ring is 1. The highest BCUT2D eigenvalue weighted by Gasteiger charge is 2.07. The zero-order valence-corrected chi connectivity index (χ0v) is 8.75. The Balaban J connectivity index is 2.24. The highest BCUT2D eigenvalue weighted by Crippen LogP contribution is 2.10. The van der Waals surface area contributed by atoms with Crippen LogP contribution in [-0.4, -0.2) is 32.6 Å². The van der Waals surface area contributed by atoms with Crippen LogP contribution in [0.1, 0.15) is 6.42 Å². The molecule has 0 amide bonds. The fourth-order valence-corrected chi connectivity index (χ4v) is 1.35. The molecule has 0 atom stereocenters. The van der Waals surface area contributed by atoms with Crippen LogP contribution >= 0.6 is 0 Å². The van der Waals surface area contributed by atoms with Gasteiger partial charge in [-0.15, -0.1) is 0 Å². The number of fused-ring (bicyclic) bond motifs is 1. The maximum Gasteiger partial charge on any atom is 0.307 e. The van der Waals surface area contributed by atoms with Crippen molar-refractivity contribution < 1.29 is 9.53 Å². The maximum atomic E-state index is 11.0. The van der Waals surface area contributed by atoms with Gasteiger partial charge >= 0.3 is 5.97 Å². The monoisotopic (exact) mass is 221 g/mol. The lowest BCUT2D eigenvalue weighted by molar-refractivity contribution is -0.140. The second kappa shape index (κ2) is 4.13. The number of carbonyl (C=O) groups excluding carboxylic acids is 1. The minimum atomic E-state index is -0.274. The first-order valence-corrected chi connectivity index (χ1v) is 4.71. The molecule has 0 saturated carbocycles. The SMILES string of the molecule is COC(=O)CCn1cnc2cnc(N)nc21. The average molecular weight is 221 g/mol. The largest absolute Gasteiger partial charge is 0.469 e. The van der Waals surface area contributed by atoms with Gasteiger partial charge in [0.15, 0.2) is 5.65 Å². The Kier molecular flexibility index (Phi) is 2.67. The van der Waals surface area contributed by atoms with Gasteiger partial charge in [0.1, 0.15) is 5.52 Å². The number of aromatic nitrogens is 4. The van der Waals surface area contributed by atoms with Gasteiger partial charge in [-0.3, -0.25) is 4.79 Å².